The highest BCUT2D eigenvalue weighted by Crippen LogP contribution is 2.44. The molecule has 634 valence electrons. The number of rotatable bonds is 3. The number of nitrogens with zero attached hydrogens (tertiary/aromatic N) is 16. The zero-order valence-corrected chi connectivity index (χ0v) is 73.1. The lowest BCUT2D eigenvalue weighted by Crippen LogP contribution is -2.01. The molecular weight excluding hydrogens is 1670 g/mol. The van der Waals surface area contributed by atoms with Crippen molar-refractivity contribution in [3.63, 3.8) is 0 Å². The summed E-state index contributed by atoms with van der Waals surface area (Å²) in [6.45, 7) is 0. The van der Waals surface area contributed by atoms with Crippen LogP contribution >= 0.6 is 34.4 Å². The van der Waals surface area contributed by atoms with Gasteiger partial charge in [-0.2, -0.15) is 10.2 Å². The number of benzene rings is 12. The Hall–Kier alpha value is -17.1. The summed E-state index contributed by atoms with van der Waals surface area (Å²) in [5.74, 6) is 1.76. The van der Waals surface area contributed by atoms with Gasteiger partial charge in [0.25, 0.3) is 0 Å². The quantitative estimate of drug-likeness (QED) is 0.123. The average molecular weight is 1760 g/mol. The summed E-state index contributed by atoms with van der Waals surface area (Å²) in [6, 6.07) is 122. The van der Waals surface area contributed by atoms with Crippen molar-refractivity contribution in [2.24, 2.45) is 0 Å². The van der Waals surface area contributed by atoms with Gasteiger partial charge in [-0.05, 0) is 179 Å². The van der Waals surface area contributed by atoms with Crippen LogP contribution in [0.25, 0.3) is 97.4 Å². The van der Waals surface area contributed by atoms with E-state index >= 15 is 0 Å². The third-order valence-electron chi connectivity index (χ3n) is 19.1. The minimum atomic E-state index is 0.848. The normalized spacial score (nSPS) is 10.5. The van der Waals surface area contributed by atoms with Crippen LogP contribution in [0.15, 0.2) is 496 Å². The largest absolute Gasteiger partial charge is 0.453 e. The molecule has 24 aromatic rings. The van der Waals surface area contributed by atoms with Crippen LogP contribution in [0.3, 0.4) is 0 Å². The standard InChI is InChI=1S/C13H9N.C13H12.2C12H8N2.C12H9NO.C12H9NS.C10H6N4.C8H6S2.C5H5N.3C4H4N2/c1-2-6-11-10(5-1)9-14-13-8-4-3-7-12(11)13;1-3-7-12(8-4-1)11-13-9-5-2-6-10-13;1-3-9-5-6-10-4-2-8-14-12(10)11(9)13-7-1;1-2-6-10-9(5-1)13-11-7-3-4-8-12(11)14-10;2*1-3-7-11-9(5-1)13-10-6-2-4-8-12(10)14-11;1-2-12-8-6-10-9(5-7(8)11-1)13-3-4-14-10;1-3-7(9-5-1)8-4-2-6-10-8;1-2-4-6-5-3-1;1-2-6-4-3-5-1;1-2-5-4-6-3-1;1-2-4-6-5-3-1/h1-9H;1-10H,11H2;2*1-8H;2*1-8,13H;1-6H;1-6H;1-5H;3*1-4H. The number of aromatic nitrogens is 16. The first-order valence-electron chi connectivity index (χ1n) is 41.7. The van der Waals surface area contributed by atoms with E-state index in [0.29, 0.717) is 0 Å². The van der Waals surface area contributed by atoms with Crippen LogP contribution in [0.1, 0.15) is 11.1 Å². The van der Waals surface area contributed by atoms with Gasteiger partial charge >= 0.3 is 0 Å². The molecule has 0 aliphatic carbocycles. The number of fused-ring (bicyclic) bond motifs is 14. The molecule has 0 fully saturated rings. The first-order valence-corrected chi connectivity index (χ1v) is 44.2. The van der Waals surface area contributed by atoms with E-state index in [-0.39, 0.29) is 0 Å². The van der Waals surface area contributed by atoms with Gasteiger partial charge in [-0.3, -0.25) is 49.8 Å². The fourth-order valence-electron chi connectivity index (χ4n) is 13.0. The fourth-order valence-corrected chi connectivity index (χ4v) is 15.5. The number of hydrogen-bond acceptors (Lipinski definition) is 22. The summed E-state index contributed by atoms with van der Waals surface area (Å²) in [4.78, 5) is 62.8. The molecule has 0 bridgehead atoms. The van der Waals surface area contributed by atoms with E-state index in [1.807, 2.05) is 188 Å². The van der Waals surface area contributed by atoms with Crippen molar-refractivity contribution in [2.75, 3.05) is 10.6 Å². The molecule has 131 heavy (non-hydrogen) atoms. The molecule has 2 aliphatic heterocycles. The number of nitrogens with one attached hydrogen (secondary N) is 2. The molecule has 26 rings (SSSR count). The Labute approximate surface area is 769 Å². The minimum Gasteiger partial charge on any atom is -0.453 e. The molecule has 14 heterocycles. The Kier molecular flexibility index (Phi) is 33.2. The Bertz CT molecular complexity index is 6350. The number of anilines is 4. The van der Waals surface area contributed by atoms with Crippen molar-refractivity contribution in [1.29, 1.82) is 0 Å². The summed E-state index contributed by atoms with van der Waals surface area (Å²) in [6.07, 6.45) is 31.5. The van der Waals surface area contributed by atoms with Crippen LogP contribution in [0.2, 0.25) is 0 Å². The Balaban J connectivity index is 0.000000111. The van der Waals surface area contributed by atoms with Crippen molar-refractivity contribution < 1.29 is 4.74 Å². The summed E-state index contributed by atoms with van der Waals surface area (Å²) in [5.41, 5.74) is 17.4. The molecule has 0 unspecified atom stereocenters. The van der Waals surface area contributed by atoms with Gasteiger partial charge in [0.05, 0.1) is 83.4 Å². The zero-order valence-electron chi connectivity index (χ0n) is 70.7. The highest BCUT2D eigenvalue weighted by molar-refractivity contribution is 7.99. The lowest BCUT2D eigenvalue weighted by Gasteiger charge is -2.20. The number of thiophene rings is 2. The summed E-state index contributed by atoms with van der Waals surface area (Å²) in [5, 5.41) is 24.0. The predicted octanol–water partition coefficient (Wildman–Crippen LogP) is 27.2. The van der Waals surface area contributed by atoms with Crippen LogP contribution in [0.4, 0.5) is 22.7 Å². The van der Waals surface area contributed by atoms with Crippen LogP contribution < -0.4 is 15.4 Å². The third kappa shape index (κ3) is 27.0. The molecular formula is C109H84N18OS3. The van der Waals surface area contributed by atoms with E-state index in [0.717, 1.165) is 101 Å². The van der Waals surface area contributed by atoms with Crippen LogP contribution in [0.5, 0.6) is 11.5 Å². The minimum absolute atomic E-state index is 0.848. The second-order valence-corrected chi connectivity index (χ2v) is 31.0. The maximum Gasteiger partial charge on any atom is 0.150 e. The highest BCUT2D eigenvalue weighted by atomic mass is 32.2. The van der Waals surface area contributed by atoms with Gasteiger partial charge in [-0.15, -0.1) is 22.7 Å². The number of ether oxygens (including phenoxy) is 1. The zero-order chi connectivity index (χ0) is 89.0. The molecule has 0 spiro atoms. The predicted molar refractivity (Wildman–Crippen MR) is 536 cm³/mol. The number of para-hydroxylation sites is 11. The van der Waals surface area contributed by atoms with E-state index in [9.17, 15) is 0 Å². The van der Waals surface area contributed by atoms with Gasteiger partial charge in [0.15, 0.2) is 11.5 Å². The van der Waals surface area contributed by atoms with Gasteiger partial charge < -0.3 is 15.4 Å². The van der Waals surface area contributed by atoms with E-state index in [1.165, 1.54) is 64.5 Å². The second kappa shape index (κ2) is 49.0. The summed E-state index contributed by atoms with van der Waals surface area (Å²) in [7, 11) is 0. The first-order chi connectivity index (χ1) is 65.0. The van der Waals surface area contributed by atoms with Gasteiger partial charge in [-0.25, -0.2) is 19.9 Å². The van der Waals surface area contributed by atoms with Gasteiger partial charge in [0.2, 0.25) is 0 Å². The molecule has 12 aromatic heterocycles. The average Bonchev–Trinajstić information content (AvgIpc) is 0.899. The van der Waals surface area contributed by atoms with Crippen molar-refractivity contribution in [3.05, 3.63) is 498 Å². The first kappa shape index (κ1) is 88.8. The van der Waals surface area contributed by atoms with Gasteiger partial charge in [-0.1, -0.05) is 230 Å². The molecule has 0 amide bonds. The van der Waals surface area contributed by atoms with Gasteiger partial charge in [0, 0.05) is 146 Å². The summed E-state index contributed by atoms with van der Waals surface area (Å²) >= 11 is 5.40. The topological polar surface area (TPSA) is 240 Å². The van der Waals surface area contributed by atoms with Crippen LogP contribution in [0, 0.1) is 0 Å². The number of hydrogen-bond donors (Lipinski definition) is 2. The highest BCUT2D eigenvalue weighted by Gasteiger charge is 2.16. The number of pyridine rings is 4. The third-order valence-corrected chi connectivity index (χ3v) is 22.1. The van der Waals surface area contributed by atoms with Crippen molar-refractivity contribution in [2.45, 2.75) is 16.2 Å². The molecule has 0 atom stereocenters. The molecule has 0 saturated carbocycles. The van der Waals surface area contributed by atoms with E-state index < -0.39 is 0 Å². The van der Waals surface area contributed by atoms with E-state index in [4.69, 9.17) is 4.74 Å². The van der Waals surface area contributed by atoms with E-state index in [2.05, 4.69) is 289 Å². The summed E-state index contributed by atoms with van der Waals surface area (Å²) < 4.78 is 5.71. The Morgan fingerprint density at radius 1 is 0.244 bits per heavy atom. The van der Waals surface area contributed by atoms with Crippen molar-refractivity contribution >= 4 is 145 Å². The molecule has 0 radical (unpaired) electrons. The molecule has 12 aromatic carbocycles. The monoisotopic (exact) mass is 1760 g/mol. The maximum absolute atomic E-state index is 5.71. The lowest BCUT2D eigenvalue weighted by atomic mass is 10.1. The molecule has 2 aliphatic rings. The molecule has 0 saturated heterocycles. The second-order valence-electron chi connectivity index (χ2n) is 28.0. The maximum atomic E-state index is 5.71. The molecule has 19 nitrogen and oxygen atoms in total. The van der Waals surface area contributed by atoms with Crippen molar-refractivity contribution in [1.82, 2.24) is 80.0 Å². The van der Waals surface area contributed by atoms with Crippen LogP contribution in [-0.2, 0) is 6.42 Å². The van der Waals surface area contributed by atoms with Crippen molar-refractivity contribution in [3.8, 4) is 21.3 Å². The molecule has 22 heteroatoms. The molecule has 2 N–H and O–H groups in total. The smallest absolute Gasteiger partial charge is 0.150 e. The van der Waals surface area contributed by atoms with Gasteiger partial charge in [0.1, 0.15) is 6.33 Å². The van der Waals surface area contributed by atoms with E-state index in [1.54, 1.807) is 128 Å². The van der Waals surface area contributed by atoms with Crippen LogP contribution in [-0.4, -0.2) is 80.0 Å². The Morgan fingerprint density at radius 3 is 1.04 bits per heavy atom. The SMILES string of the molecule is c1ccc(Cc2ccccc2)cc1.c1ccc2c(c1)Nc1ccccc1O2.c1ccc2c(c1)Nc1ccccc1S2.c1ccc2c(c1)cnc1ccccc12.c1ccc2nc3ccccc3nc2c1.c1ccncc1.c1ccnnc1.c1cnc2c(c1)ccc1cccnc12.c1cnc2cc3nccnc3cc2n1.c1cnccn1.c1cncnc1.c1csc(-c2cccs2)c1. The fraction of sp³-hybridized carbons (Fsp3) is 0.00917. The Morgan fingerprint density at radius 2 is 0.626 bits per heavy atom. The lowest BCUT2D eigenvalue weighted by molar-refractivity contribution is 0.481.